The van der Waals surface area contributed by atoms with E-state index in [9.17, 15) is 4.79 Å². The van der Waals surface area contributed by atoms with E-state index in [1.165, 1.54) is 0 Å². The Hall–Kier alpha value is -1.78. The second-order valence-electron chi connectivity index (χ2n) is 6.30. The molecule has 122 valence electrons. The van der Waals surface area contributed by atoms with E-state index in [1.54, 1.807) is 6.26 Å². The van der Waals surface area contributed by atoms with Gasteiger partial charge in [0.15, 0.2) is 0 Å². The van der Waals surface area contributed by atoms with Gasteiger partial charge in [-0.05, 0) is 56.8 Å². The van der Waals surface area contributed by atoms with Crippen molar-refractivity contribution in [1.29, 1.82) is 0 Å². The first-order chi connectivity index (χ1) is 11.0. The van der Waals surface area contributed by atoms with Crippen molar-refractivity contribution in [3.05, 3.63) is 59.0 Å². The van der Waals surface area contributed by atoms with E-state index < -0.39 is 5.41 Å². The molecule has 0 radical (unpaired) electrons. The lowest BCUT2D eigenvalue weighted by atomic mass is 9.95. The van der Waals surface area contributed by atoms with Gasteiger partial charge in [0, 0.05) is 11.6 Å². The molecular formula is C18H21ClN2O2. The van der Waals surface area contributed by atoms with Crippen LogP contribution in [0.3, 0.4) is 0 Å². The van der Waals surface area contributed by atoms with Gasteiger partial charge in [-0.2, -0.15) is 0 Å². The largest absolute Gasteiger partial charge is 0.468 e. The van der Waals surface area contributed by atoms with Gasteiger partial charge in [0.2, 0.25) is 5.91 Å². The number of amides is 1. The van der Waals surface area contributed by atoms with Gasteiger partial charge in [-0.3, -0.25) is 9.69 Å². The van der Waals surface area contributed by atoms with Gasteiger partial charge in [-0.15, -0.1) is 0 Å². The van der Waals surface area contributed by atoms with E-state index in [0.717, 1.165) is 24.2 Å². The predicted molar refractivity (Wildman–Crippen MR) is 90.5 cm³/mol. The summed E-state index contributed by atoms with van der Waals surface area (Å²) in [5.74, 6) is 0.918. The summed E-state index contributed by atoms with van der Waals surface area (Å²) in [4.78, 5) is 14.8. The highest BCUT2D eigenvalue weighted by atomic mass is 35.5. The third-order valence-corrected chi connectivity index (χ3v) is 4.75. The highest BCUT2D eigenvalue weighted by Gasteiger charge is 2.51. The molecule has 3 rings (SSSR count). The van der Waals surface area contributed by atoms with Gasteiger partial charge >= 0.3 is 0 Å². The number of hydrogen-bond donors (Lipinski definition) is 1. The van der Waals surface area contributed by atoms with Crippen molar-refractivity contribution in [2.24, 2.45) is 0 Å². The van der Waals surface area contributed by atoms with E-state index in [0.29, 0.717) is 11.6 Å². The van der Waals surface area contributed by atoms with Crippen molar-refractivity contribution >= 4 is 17.5 Å². The number of hydrogen-bond acceptors (Lipinski definition) is 3. The summed E-state index contributed by atoms with van der Waals surface area (Å²) in [5, 5.41) is 3.76. The number of carbonyl (C=O) groups excluding carboxylic acids is 1. The standard InChI is InChI=1S/C18H21ClN2O2/c1-21(2)15(16-7-4-10-23-16)12-20-17(22)18(8-9-18)13-5-3-6-14(19)11-13/h3-7,10-11,15H,8-9,12H2,1-2H3,(H,20,22). The van der Waals surface area contributed by atoms with Crippen LogP contribution in [-0.2, 0) is 10.2 Å². The number of halogens is 1. The van der Waals surface area contributed by atoms with Crippen LogP contribution in [-0.4, -0.2) is 31.4 Å². The van der Waals surface area contributed by atoms with E-state index in [-0.39, 0.29) is 11.9 Å². The quantitative estimate of drug-likeness (QED) is 0.882. The molecule has 1 aromatic heterocycles. The zero-order valence-corrected chi connectivity index (χ0v) is 14.1. The van der Waals surface area contributed by atoms with Crippen LogP contribution in [0.1, 0.15) is 30.2 Å². The Kier molecular flexibility index (Phi) is 4.46. The van der Waals surface area contributed by atoms with Gasteiger partial charge in [0.05, 0.1) is 17.7 Å². The molecule has 23 heavy (non-hydrogen) atoms. The van der Waals surface area contributed by atoms with Crippen LogP contribution in [0.4, 0.5) is 0 Å². The average Bonchev–Trinajstić information content (AvgIpc) is 3.17. The number of likely N-dealkylation sites (N-methyl/N-ethyl adjacent to an activating group) is 1. The van der Waals surface area contributed by atoms with Crippen molar-refractivity contribution < 1.29 is 9.21 Å². The molecule has 4 nitrogen and oxygen atoms in total. The monoisotopic (exact) mass is 332 g/mol. The van der Waals surface area contributed by atoms with E-state index in [1.807, 2.05) is 55.4 Å². The fourth-order valence-corrected chi connectivity index (χ4v) is 3.13. The molecule has 1 heterocycles. The van der Waals surface area contributed by atoms with Crippen molar-refractivity contribution in [3.63, 3.8) is 0 Å². The predicted octanol–water partition coefficient (Wildman–Crippen LogP) is 3.38. The molecule has 1 atom stereocenters. The molecule has 1 N–H and O–H groups in total. The van der Waals surface area contributed by atoms with Gasteiger partial charge in [-0.25, -0.2) is 0 Å². The molecule has 1 fully saturated rings. The minimum Gasteiger partial charge on any atom is -0.468 e. The summed E-state index contributed by atoms with van der Waals surface area (Å²) < 4.78 is 5.48. The first-order valence-corrected chi connectivity index (χ1v) is 8.15. The number of furan rings is 1. The Morgan fingerprint density at radius 1 is 1.35 bits per heavy atom. The summed E-state index contributed by atoms with van der Waals surface area (Å²) in [6.07, 6.45) is 3.39. The average molecular weight is 333 g/mol. The first-order valence-electron chi connectivity index (χ1n) is 7.77. The molecule has 0 saturated heterocycles. The van der Waals surface area contributed by atoms with E-state index in [2.05, 4.69) is 5.32 Å². The summed E-state index contributed by atoms with van der Waals surface area (Å²) in [7, 11) is 3.95. The van der Waals surface area contributed by atoms with Crippen molar-refractivity contribution in [1.82, 2.24) is 10.2 Å². The van der Waals surface area contributed by atoms with Crippen LogP contribution in [0.15, 0.2) is 47.1 Å². The maximum absolute atomic E-state index is 12.7. The number of carbonyl (C=O) groups is 1. The molecule has 5 heteroatoms. The lowest BCUT2D eigenvalue weighted by molar-refractivity contribution is -0.123. The maximum Gasteiger partial charge on any atom is 0.230 e. The molecule has 1 aliphatic carbocycles. The Morgan fingerprint density at radius 2 is 2.13 bits per heavy atom. The molecule has 1 aromatic carbocycles. The number of rotatable bonds is 6. The van der Waals surface area contributed by atoms with Crippen molar-refractivity contribution in [3.8, 4) is 0 Å². The minimum atomic E-state index is -0.412. The highest BCUT2D eigenvalue weighted by Crippen LogP contribution is 2.48. The number of nitrogens with zero attached hydrogens (tertiary/aromatic N) is 1. The lowest BCUT2D eigenvalue weighted by Gasteiger charge is -2.24. The van der Waals surface area contributed by atoms with Gasteiger partial charge in [0.1, 0.15) is 5.76 Å². The Bertz CT molecular complexity index is 678. The molecule has 0 bridgehead atoms. The van der Waals surface area contributed by atoms with E-state index >= 15 is 0 Å². The molecule has 1 aliphatic rings. The summed E-state index contributed by atoms with van der Waals surface area (Å²) in [5.41, 5.74) is 0.590. The van der Waals surface area contributed by atoms with Gasteiger partial charge in [0.25, 0.3) is 0 Å². The van der Waals surface area contributed by atoms with Crippen LogP contribution < -0.4 is 5.32 Å². The zero-order valence-electron chi connectivity index (χ0n) is 13.4. The lowest BCUT2D eigenvalue weighted by Crippen LogP contribution is -2.40. The normalized spacial score (nSPS) is 17.0. The SMILES string of the molecule is CN(C)C(CNC(=O)C1(c2cccc(Cl)c2)CC1)c1ccco1. The van der Waals surface area contributed by atoms with Crippen molar-refractivity contribution in [2.75, 3.05) is 20.6 Å². The summed E-state index contributed by atoms with van der Waals surface area (Å²) >= 11 is 6.07. The summed E-state index contributed by atoms with van der Waals surface area (Å²) in [6, 6.07) is 11.4. The van der Waals surface area contributed by atoms with Crippen LogP contribution in [0.5, 0.6) is 0 Å². The number of benzene rings is 1. The molecule has 1 amide bonds. The van der Waals surface area contributed by atoms with Gasteiger partial charge in [-0.1, -0.05) is 23.7 Å². The molecule has 2 aromatic rings. The maximum atomic E-state index is 12.7. The molecule has 1 saturated carbocycles. The molecular weight excluding hydrogens is 312 g/mol. The van der Waals surface area contributed by atoms with E-state index in [4.69, 9.17) is 16.0 Å². The second kappa shape index (κ2) is 6.38. The zero-order chi connectivity index (χ0) is 16.4. The van der Waals surface area contributed by atoms with Crippen LogP contribution >= 0.6 is 11.6 Å². The topological polar surface area (TPSA) is 45.5 Å². The molecule has 0 aliphatic heterocycles. The Balaban J connectivity index is 1.69. The fourth-order valence-electron chi connectivity index (χ4n) is 2.94. The first kappa shape index (κ1) is 16.1. The second-order valence-corrected chi connectivity index (χ2v) is 6.73. The van der Waals surface area contributed by atoms with Gasteiger partial charge < -0.3 is 9.73 Å². The molecule has 0 spiro atoms. The van der Waals surface area contributed by atoms with Crippen LogP contribution in [0.2, 0.25) is 5.02 Å². The smallest absolute Gasteiger partial charge is 0.230 e. The van der Waals surface area contributed by atoms with Crippen LogP contribution in [0, 0.1) is 0 Å². The molecule has 1 unspecified atom stereocenters. The summed E-state index contributed by atoms with van der Waals surface area (Å²) in [6.45, 7) is 0.516. The van der Waals surface area contributed by atoms with Crippen molar-refractivity contribution in [2.45, 2.75) is 24.3 Å². The highest BCUT2D eigenvalue weighted by molar-refractivity contribution is 6.30. The minimum absolute atomic E-state index is 0.0177. The van der Waals surface area contributed by atoms with Crippen LogP contribution in [0.25, 0.3) is 0 Å². The number of nitrogens with one attached hydrogen (secondary N) is 1. The third-order valence-electron chi connectivity index (χ3n) is 4.51. The Labute approximate surface area is 141 Å². The third kappa shape index (κ3) is 3.28. The fraction of sp³-hybridized carbons (Fsp3) is 0.389. The Morgan fingerprint density at radius 3 is 2.70 bits per heavy atom.